The fourth-order valence-corrected chi connectivity index (χ4v) is 5.47. The largest absolute Gasteiger partial charge is 0.451 e. The van der Waals surface area contributed by atoms with Crippen molar-refractivity contribution in [1.29, 1.82) is 0 Å². The van der Waals surface area contributed by atoms with Gasteiger partial charge >= 0.3 is 6.18 Å². The molecule has 5 rings (SSSR count). The van der Waals surface area contributed by atoms with Crippen LogP contribution in [-0.2, 0) is 11.0 Å². The summed E-state index contributed by atoms with van der Waals surface area (Å²) in [5.74, 6) is -0.222. The van der Waals surface area contributed by atoms with Gasteiger partial charge in [-0.1, -0.05) is 54.9 Å². The van der Waals surface area contributed by atoms with E-state index >= 15 is 0 Å². The molecular formula is C31H26ClF3N2O3. The molecule has 0 unspecified atom stereocenters. The first-order chi connectivity index (χ1) is 19.1. The summed E-state index contributed by atoms with van der Waals surface area (Å²) >= 11 is 6.14. The van der Waals surface area contributed by atoms with Crippen LogP contribution in [0.1, 0.15) is 54.4 Å². The van der Waals surface area contributed by atoms with Crippen LogP contribution in [0.2, 0.25) is 5.02 Å². The van der Waals surface area contributed by atoms with E-state index in [9.17, 15) is 22.8 Å². The van der Waals surface area contributed by atoms with Gasteiger partial charge in [0.1, 0.15) is 5.76 Å². The molecule has 9 heteroatoms. The molecule has 5 nitrogen and oxygen atoms in total. The lowest BCUT2D eigenvalue weighted by Gasteiger charge is -2.43. The Balaban J connectivity index is 1.49. The lowest BCUT2D eigenvalue weighted by Crippen LogP contribution is -2.47. The Labute approximate surface area is 234 Å². The Morgan fingerprint density at radius 1 is 1.00 bits per heavy atom. The van der Waals surface area contributed by atoms with E-state index in [1.165, 1.54) is 18.2 Å². The van der Waals surface area contributed by atoms with Gasteiger partial charge in [0.25, 0.3) is 5.91 Å². The summed E-state index contributed by atoms with van der Waals surface area (Å²) in [6.45, 7) is 3.74. The number of furan rings is 1. The van der Waals surface area contributed by atoms with Gasteiger partial charge < -0.3 is 14.2 Å². The highest BCUT2D eigenvalue weighted by atomic mass is 35.5. The molecule has 0 aliphatic carbocycles. The minimum atomic E-state index is -4.53. The van der Waals surface area contributed by atoms with Crippen LogP contribution in [0.15, 0.2) is 89.3 Å². The number of hydrogen-bond donors (Lipinski definition) is 0. The molecule has 206 valence electrons. The fourth-order valence-electron chi connectivity index (χ4n) is 5.20. The quantitative estimate of drug-likeness (QED) is 0.243. The number of benzene rings is 3. The van der Waals surface area contributed by atoms with Gasteiger partial charge in [-0.15, -0.1) is 0 Å². The lowest BCUT2D eigenvalue weighted by atomic mass is 9.89. The molecule has 0 bridgehead atoms. The average Bonchev–Trinajstić information content (AvgIpc) is 3.43. The van der Waals surface area contributed by atoms with E-state index in [2.05, 4.69) is 0 Å². The monoisotopic (exact) mass is 566 g/mol. The number of rotatable bonds is 5. The van der Waals surface area contributed by atoms with Gasteiger partial charge in [0.15, 0.2) is 5.76 Å². The summed E-state index contributed by atoms with van der Waals surface area (Å²) in [4.78, 5) is 30.4. The van der Waals surface area contributed by atoms with Crippen molar-refractivity contribution >= 4 is 34.8 Å². The molecule has 2 amide bonds. The third kappa shape index (κ3) is 5.11. The van der Waals surface area contributed by atoms with Crippen molar-refractivity contribution < 1.29 is 27.2 Å². The first-order valence-electron chi connectivity index (χ1n) is 12.9. The van der Waals surface area contributed by atoms with E-state index < -0.39 is 17.6 Å². The zero-order valence-electron chi connectivity index (χ0n) is 21.8. The number of anilines is 2. The molecule has 2 atom stereocenters. The van der Waals surface area contributed by atoms with E-state index in [4.69, 9.17) is 16.0 Å². The molecule has 1 aromatic heterocycles. The number of hydrogen-bond acceptors (Lipinski definition) is 3. The summed E-state index contributed by atoms with van der Waals surface area (Å²) in [5, 5.41) is -0.135. The number of nitrogens with zero attached hydrogens (tertiary/aromatic N) is 2. The second-order valence-electron chi connectivity index (χ2n) is 9.64. The van der Waals surface area contributed by atoms with Crippen LogP contribution in [0.4, 0.5) is 24.5 Å². The minimum absolute atomic E-state index is 0.0237. The van der Waals surface area contributed by atoms with Crippen molar-refractivity contribution in [3.05, 3.63) is 107 Å². The SMILES string of the molecule is CCC(=O)N(c1ccccc1)[C@H]1C[C@@H](C)N(C(=O)c2ccc(-c3ccc(C(F)(F)F)cc3Cl)o2)c2ccccc21. The third-order valence-corrected chi connectivity index (χ3v) is 7.39. The summed E-state index contributed by atoms with van der Waals surface area (Å²) in [6.07, 6.45) is -3.71. The van der Waals surface area contributed by atoms with E-state index in [1.54, 1.807) is 9.80 Å². The number of amides is 2. The van der Waals surface area contributed by atoms with Gasteiger partial charge in [0, 0.05) is 29.4 Å². The van der Waals surface area contributed by atoms with Gasteiger partial charge in [-0.05, 0) is 67.4 Å². The first kappa shape index (κ1) is 27.5. The second kappa shape index (κ2) is 10.8. The van der Waals surface area contributed by atoms with Crippen LogP contribution < -0.4 is 9.80 Å². The van der Waals surface area contributed by atoms with Gasteiger partial charge in [0.05, 0.1) is 16.6 Å². The number of carbonyl (C=O) groups excluding carboxylic acids is 2. The summed E-state index contributed by atoms with van der Waals surface area (Å²) in [5.41, 5.74) is 1.65. The van der Waals surface area contributed by atoms with Crippen LogP contribution in [0.25, 0.3) is 11.3 Å². The predicted octanol–water partition coefficient (Wildman–Crippen LogP) is 8.54. The molecule has 40 heavy (non-hydrogen) atoms. The standard InChI is InChI=1S/C31H26ClF3N2O3/c1-3-29(38)37(21-9-5-4-6-10-21)26-17-19(2)36(25-12-8-7-11-23(25)26)30(39)28-16-15-27(40-28)22-14-13-20(18-24(22)32)31(33,34)35/h4-16,18-19,26H,3,17H2,1-2H3/t19-,26+/m1/s1. The molecule has 4 aromatic rings. The molecule has 0 N–H and O–H groups in total. The molecule has 0 radical (unpaired) electrons. The predicted molar refractivity (Wildman–Crippen MR) is 148 cm³/mol. The van der Waals surface area contributed by atoms with Crippen molar-refractivity contribution in [2.45, 2.75) is 44.9 Å². The van der Waals surface area contributed by atoms with Gasteiger partial charge in [-0.2, -0.15) is 13.2 Å². The molecule has 2 heterocycles. The number of alkyl halides is 3. The lowest BCUT2D eigenvalue weighted by molar-refractivity contribution is -0.137. The molecule has 0 saturated carbocycles. The Kier molecular flexibility index (Phi) is 7.47. The average molecular weight is 567 g/mol. The van der Waals surface area contributed by atoms with E-state index in [-0.39, 0.29) is 40.1 Å². The third-order valence-electron chi connectivity index (χ3n) is 7.08. The highest BCUT2D eigenvalue weighted by Gasteiger charge is 2.39. The highest BCUT2D eigenvalue weighted by Crippen LogP contribution is 2.43. The Morgan fingerprint density at radius 2 is 1.70 bits per heavy atom. The minimum Gasteiger partial charge on any atom is -0.451 e. The molecule has 3 aromatic carbocycles. The van der Waals surface area contributed by atoms with E-state index in [1.807, 2.05) is 68.4 Å². The van der Waals surface area contributed by atoms with Crippen LogP contribution in [0.5, 0.6) is 0 Å². The smallest absolute Gasteiger partial charge is 0.416 e. The zero-order chi connectivity index (χ0) is 28.6. The first-order valence-corrected chi connectivity index (χ1v) is 13.2. The highest BCUT2D eigenvalue weighted by molar-refractivity contribution is 6.33. The van der Waals surface area contributed by atoms with Crippen LogP contribution in [-0.4, -0.2) is 17.9 Å². The maximum Gasteiger partial charge on any atom is 0.416 e. The van der Waals surface area contributed by atoms with Crippen molar-refractivity contribution in [3.63, 3.8) is 0 Å². The fraction of sp³-hybridized carbons (Fsp3) is 0.226. The normalized spacial score (nSPS) is 16.9. The van der Waals surface area contributed by atoms with Crippen molar-refractivity contribution in [2.75, 3.05) is 9.80 Å². The topological polar surface area (TPSA) is 53.8 Å². The molecule has 1 aliphatic heterocycles. The maximum atomic E-state index is 13.8. The number of carbonyl (C=O) groups is 2. The van der Waals surface area contributed by atoms with Crippen molar-refractivity contribution in [3.8, 4) is 11.3 Å². The summed E-state index contributed by atoms with van der Waals surface area (Å²) in [6, 6.07) is 22.3. The maximum absolute atomic E-state index is 13.8. The Hall–Kier alpha value is -4.04. The number of fused-ring (bicyclic) bond motifs is 1. The second-order valence-corrected chi connectivity index (χ2v) is 10.1. The van der Waals surface area contributed by atoms with E-state index in [0.29, 0.717) is 18.5 Å². The Morgan fingerprint density at radius 3 is 2.38 bits per heavy atom. The molecule has 0 saturated heterocycles. The van der Waals surface area contributed by atoms with E-state index in [0.717, 1.165) is 23.4 Å². The van der Waals surface area contributed by atoms with Crippen molar-refractivity contribution in [1.82, 2.24) is 0 Å². The molecule has 0 spiro atoms. The molecule has 0 fully saturated rings. The molecule has 1 aliphatic rings. The van der Waals surface area contributed by atoms with Crippen LogP contribution in [0, 0.1) is 0 Å². The number of halogens is 4. The van der Waals surface area contributed by atoms with Crippen LogP contribution in [0.3, 0.4) is 0 Å². The van der Waals surface area contributed by atoms with Crippen molar-refractivity contribution in [2.24, 2.45) is 0 Å². The van der Waals surface area contributed by atoms with Crippen LogP contribution >= 0.6 is 11.6 Å². The molecular weight excluding hydrogens is 541 g/mol. The number of para-hydroxylation sites is 2. The zero-order valence-corrected chi connectivity index (χ0v) is 22.5. The summed E-state index contributed by atoms with van der Waals surface area (Å²) in [7, 11) is 0. The van der Waals surface area contributed by atoms with Gasteiger partial charge in [0.2, 0.25) is 5.91 Å². The summed E-state index contributed by atoms with van der Waals surface area (Å²) < 4.78 is 45.0. The Bertz CT molecular complexity index is 1550. The van der Waals surface area contributed by atoms with Gasteiger partial charge in [-0.25, -0.2) is 0 Å². The van der Waals surface area contributed by atoms with Gasteiger partial charge in [-0.3, -0.25) is 9.59 Å².